The standard InChI is InChI=1S/C18H14BrN3O3/c19-11-5-7-12(8-6-11)21-16(23)10-22-9-14(17(24)18(20)25)13-3-1-2-4-15(13)22/h1-9H,10H2,(H2,20,25)(H,21,23). The second kappa shape index (κ2) is 6.90. The number of nitrogens with two attached hydrogens (primary N) is 1. The molecule has 6 nitrogen and oxygen atoms in total. The van der Waals surface area contributed by atoms with Crippen molar-refractivity contribution >= 4 is 50.1 Å². The van der Waals surface area contributed by atoms with Crippen LogP contribution in [0.1, 0.15) is 10.4 Å². The zero-order valence-corrected chi connectivity index (χ0v) is 14.6. The van der Waals surface area contributed by atoms with Gasteiger partial charge >= 0.3 is 0 Å². The fourth-order valence-electron chi connectivity index (χ4n) is 2.58. The number of carbonyl (C=O) groups excluding carboxylic acids is 3. The highest BCUT2D eigenvalue weighted by Crippen LogP contribution is 2.22. The number of halogens is 1. The van der Waals surface area contributed by atoms with Crippen molar-refractivity contribution in [2.75, 3.05) is 5.32 Å². The highest BCUT2D eigenvalue weighted by molar-refractivity contribution is 9.10. The number of nitrogens with zero attached hydrogens (tertiary/aromatic N) is 1. The van der Waals surface area contributed by atoms with Gasteiger partial charge < -0.3 is 15.6 Å². The summed E-state index contributed by atoms with van der Waals surface area (Å²) in [6, 6.07) is 14.2. The minimum Gasteiger partial charge on any atom is -0.363 e. The molecule has 0 aliphatic carbocycles. The van der Waals surface area contributed by atoms with Gasteiger partial charge in [-0.05, 0) is 30.3 Å². The molecule has 0 aliphatic heterocycles. The molecule has 3 N–H and O–H groups in total. The maximum Gasteiger partial charge on any atom is 0.289 e. The monoisotopic (exact) mass is 399 g/mol. The van der Waals surface area contributed by atoms with Gasteiger partial charge in [-0.15, -0.1) is 0 Å². The number of hydrogen-bond acceptors (Lipinski definition) is 3. The summed E-state index contributed by atoms with van der Waals surface area (Å²) in [6.07, 6.45) is 1.49. The third kappa shape index (κ3) is 3.61. The second-order valence-corrected chi connectivity index (χ2v) is 6.35. The summed E-state index contributed by atoms with van der Waals surface area (Å²) in [5, 5.41) is 3.37. The molecule has 1 aromatic heterocycles. The average molecular weight is 400 g/mol. The number of Topliss-reactive ketones (excluding diaryl/α,β-unsaturated/α-hetero) is 1. The van der Waals surface area contributed by atoms with Gasteiger partial charge in [-0.2, -0.15) is 0 Å². The lowest BCUT2D eigenvalue weighted by Gasteiger charge is -2.07. The van der Waals surface area contributed by atoms with E-state index in [1.807, 2.05) is 12.1 Å². The third-order valence-corrected chi connectivity index (χ3v) is 4.23. The summed E-state index contributed by atoms with van der Waals surface area (Å²) in [6.45, 7) is 0.00260. The zero-order chi connectivity index (χ0) is 18.0. The molecular weight excluding hydrogens is 386 g/mol. The van der Waals surface area contributed by atoms with E-state index in [4.69, 9.17) is 5.73 Å². The van der Waals surface area contributed by atoms with Crippen LogP contribution in [0, 0.1) is 0 Å². The maximum atomic E-state index is 12.3. The smallest absolute Gasteiger partial charge is 0.289 e. The van der Waals surface area contributed by atoms with Gasteiger partial charge in [0.1, 0.15) is 6.54 Å². The lowest BCUT2D eigenvalue weighted by molar-refractivity contribution is -0.116. The van der Waals surface area contributed by atoms with Crippen LogP contribution in [0.15, 0.2) is 59.2 Å². The minimum absolute atomic E-state index is 0.00260. The third-order valence-electron chi connectivity index (χ3n) is 3.70. The highest BCUT2D eigenvalue weighted by atomic mass is 79.9. The molecule has 2 amide bonds. The van der Waals surface area contributed by atoms with E-state index in [9.17, 15) is 14.4 Å². The van der Waals surface area contributed by atoms with Crippen LogP contribution in [0.4, 0.5) is 5.69 Å². The summed E-state index contributed by atoms with van der Waals surface area (Å²) in [7, 11) is 0. The molecule has 0 atom stereocenters. The summed E-state index contributed by atoms with van der Waals surface area (Å²) in [4.78, 5) is 35.5. The van der Waals surface area contributed by atoms with E-state index < -0.39 is 11.7 Å². The molecule has 0 radical (unpaired) electrons. The number of benzene rings is 2. The average Bonchev–Trinajstić information content (AvgIpc) is 2.95. The maximum absolute atomic E-state index is 12.3. The largest absolute Gasteiger partial charge is 0.363 e. The van der Waals surface area contributed by atoms with Crippen LogP contribution in [-0.4, -0.2) is 22.2 Å². The van der Waals surface area contributed by atoms with Gasteiger partial charge in [0, 0.05) is 27.3 Å². The van der Waals surface area contributed by atoms with Crippen LogP contribution in [0.3, 0.4) is 0 Å². The Kier molecular flexibility index (Phi) is 4.67. The summed E-state index contributed by atoms with van der Waals surface area (Å²) >= 11 is 3.33. The lowest BCUT2D eigenvalue weighted by atomic mass is 10.1. The molecule has 1 heterocycles. The molecular formula is C18H14BrN3O3. The van der Waals surface area contributed by atoms with E-state index in [0.29, 0.717) is 16.6 Å². The lowest BCUT2D eigenvalue weighted by Crippen LogP contribution is -2.23. The van der Waals surface area contributed by atoms with E-state index in [1.54, 1.807) is 41.0 Å². The summed E-state index contributed by atoms with van der Waals surface area (Å²) in [5.41, 5.74) is 6.64. The number of aromatic nitrogens is 1. The van der Waals surface area contributed by atoms with E-state index in [1.165, 1.54) is 6.20 Å². The fourth-order valence-corrected chi connectivity index (χ4v) is 2.84. The van der Waals surface area contributed by atoms with E-state index in [2.05, 4.69) is 21.2 Å². The number of carbonyl (C=O) groups is 3. The van der Waals surface area contributed by atoms with Crippen LogP contribution < -0.4 is 11.1 Å². The van der Waals surface area contributed by atoms with Crippen molar-refractivity contribution in [1.82, 2.24) is 4.57 Å². The Bertz CT molecular complexity index is 977. The second-order valence-electron chi connectivity index (χ2n) is 5.44. The molecule has 25 heavy (non-hydrogen) atoms. The first-order chi connectivity index (χ1) is 12.0. The molecule has 0 saturated carbocycles. The van der Waals surface area contributed by atoms with Crippen LogP contribution in [0.25, 0.3) is 10.9 Å². The van der Waals surface area contributed by atoms with Gasteiger partial charge in [-0.3, -0.25) is 14.4 Å². The van der Waals surface area contributed by atoms with Gasteiger partial charge in [0.2, 0.25) is 5.91 Å². The van der Waals surface area contributed by atoms with Crippen molar-refractivity contribution in [2.45, 2.75) is 6.54 Å². The Labute approximate surface area is 151 Å². The molecule has 3 rings (SSSR count). The molecule has 3 aromatic rings. The van der Waals surface area contributed by atoms with Crippen LogP contribution in [0.5, 0.6) is 0 Å². The molecule has 0 aliphatic rings. The minimum atomic E-state index is -1.03. The van der Waals surface area contributed by atoms with Crippen LogP contribution >= 0.6 is 15.9 Å². The van der Waals surface area contributed by atoms with E-state index in [-0.39, 0.29) is 18.0 Å². The van der Waals surface area contributed by atoms with Gasteiger partial charge in [-0.1, -0.05) is 34.1 Å². The number of primary amides is 1. The van der Waals surface area contributed by atoms with Gasteiger partial charge in [0.05, 0.1) is 5.56 Å². The molecule has 0 fully saturated rings. The predicted octanol–water partition coefficient (Wildman–Crippen LogP) is 2.71. The molecule has 0 bridgehead atoms. The normalized spacial score (nSPS) is 10.6. The topological polar surface area (TPSA) is 94.2 Å². The first kappa shape index (κ1) is 16.9. The quantitative estimate of drug-likeness (QED) is 0.509. The van der Waals surface area contributed by atoms with Gasteiger partial charge in [0.15, 0.2) is 0 Å². The summed E-state index contributed by atoms with van der Waals surface area (Å²) < 4.78 is 2.54. The first-order valence-electron chi connectivity index (χ1n) is 7.43. The van der Waals surface area contributed by atoms with E-state index >= 15 is 0 Å². The van der Waals surface area contributed by atoms with Crippen molar-refractivity contribution in [3.63, 3.8) is 0 Å². The predicted molar refractivity (Wildman–Crippen MR) is 98.2 cm³/mol. The van der Waals surface area contributed by atoms with Crippen molar-refractivity contribution in [2.24, 2.45) is 5.73 Å². The summed E-state index contributed by atoms with van der Waals surface area (Å²) in [5.74, 6) is -2.05. The molecule has 0 saturated heterocycles. The molecule has 0 unspecified atom stereocenters. The Balaban J connectivity index is 1.88. The number of hydrogen-bond donors (Lipinski definition) is 2. The van der Waals surface area contributed by atoms with Crippen molar-refractivity contribution in [1.29, 1.82) is 0 Å². The number of ketones is 1. The first-order valence-corrected chi connectivity index (χ1v) is 8.22. The Hall–Kier alpha value is -2.93. The Morgan fingerprint density at radius 3 is 2.40 bits per heavy atom. The number of para-hydroxylation sites is 1. The van der Waals surface area contributed by atoms with Gasteiger partial charge in [0.25, 0.3) is 11.7 Å². The Morgan fingerprint density at radius 2 is 1.72 bits per heavy atom. The number of rotatable bonds is 5. The van der Waals surface area contributed by atoms with Crippen LogP contribution in [-0.2, 0) is 16.1 Å². The number of nitrogens with one attached hydrogen (secondary N) is 1. The molecule has 126 valence electrons. The molecule has 7 heteroatoms. The van der Waals surface area contributed by atoms with Crippen LogP contribution in [0.2, 0.25) is 0 Å². The van der Waals surface area contributed by atoms with Crippen molar-refractivity contribution in [3.05, 3.63) is 64.8 Å². The van der Waals surface area contributed by atoms with E-state index in [0.717, 1.165) is 4.47 Å². The number of amides is 2. The number of fused-ring (bicyclic) bond motifs is 1. The molecule has 2 aromatic carbocycles. The fraction of sp³-hybridized carbons (Fsp3) is 0.0556. The van der Waals surface area contributed by atoms with Crippen molar-refractivity contribution < 1.29 is 14.4 Å². The SMILES string of the molecule is NC(=O)C(=O)c1cn(CC(=O)Nc2ccc(Br)cc2)c2ccccc12. The molecule has 0 spiro atoms. The highest BCUT2D eigenvalue weighted by Gasteiger charge is 2.19. The van der Waals surface area contributed by atoms with Gasteiger partial charge in [-0.25, -0.2) is 0 Å². The number of anilines is 1. The zero-order valence-electron chi connectivity index (χ0n) is 13.0. The Morgan fingerprint density at radius 1 is 1.04 bits per heavy atom. The van der Waals surface area contributed by atoms with Crippen molar-refractivity contribution in [3.8, 4) is 0 Å².